The summed E-state index contributed by atoms with van der Waals surface area (Å²) < 4.78 is 35.7. The Hall–Kier alpha value is -2.50. The number of rotatable bonds is 10. The van der Waals surface area contributed by atoms with Crippen LogP contribution >= 0.6 is 7.82 Å². The number of anilines is 1. The first-order valence-electron chi connectivity index (χ1n) is 11.1. The van der Waals surface area contributed by atoms with Crippen molar-refractivity contribution in [3.63, 3.8) is 0 Å². The van der Waals surface area contributed by atoms with Crippen LogP contribution < -0.4 is 5.32 Å². The first-order valence-corrected chi connectivity index (χ1v) is 12.6. The number of terminal acetylenes is 1. The molecule has 4 atom stereocenters. The summed E-state index contributed by atoms with van der Waals surface area (Å²) in [6.07, 6.45) is 7.66. The lowest BCUT2D eigenvalue weighted by atomic mass is 10.0. The van der Waals surface area contributed by atoms with Crippen LogP contribution in [0.2, 0.25) is 0 Å². The summed E-state index contributed by atoms with van der Waals surface area (Å²) in [5.41, 5.74) is 0.621. The van der Waals surface area contributed by atoms with Crippen LogP contribution in [-0.2, 0) is 23.3 Å². The van der Waals surface area contributed by atoms with Crippen molar-refractivity contribution in [2.75, 3.05) is 18.5 Å². The molecule has 0 aliphatic carbocycles. The number of nitrogens with one attached hydrogen (secondary N) is 1. The van der Waals surface area contributed by atoms with Gasteiger partial charge in [-0.1, -0.05) is 0 Å². The molecule has 2 saturated heterocycles. The molecular weight excluding hydrogens is 481 g/mol. The van der Waals surface area contributed by atoms with Crippen LogP contribution in [0, 0.1) is 12.3 Å². The summed E-state index contributed by atoms with van der Waals surface area (Å²) in [4.78, 5) is 31.4. The Bertz CT molecular complexity index is 1220. The van der Waals surface area contributed by atoms with Crippen molar-refractivity contribution in [2.24, 2.45) is 10.2 Å². The van der Waals surface area contributed by atoms with Crippen molar-refractivity contribution in [1.29, 1.82) is 0 Å². The van der Waals surface area contributed by atoms with Crippen LogP contribution in [0.5, 0.6) is 0 Å². The van der Waals surface area contributed by atoms with Crippen molar-refractivity contribution >= 4 is 24.8 Å². The fraction of sp³-hybridized carbons (Fsp3) is 0.650. The lowest BCUT2D eigenvalue weighted by molar-refractivity contribution is -0.199. The first kappa shape index (κ1) is 24.2. The number of hydrogen-bond donors (Lipinski definition) is 3. The molecule has 3 N–H and O–H groups in total. The maximum atomic E-state index is 11.2. The second-order valence-electron chi connectivity index (χ2n) is 9.03. The van der Waals surface area contributed by atoms with Gasteiger partial charge >= 0.3 is 7.82 Å². The topological polar surface area (TPSA) is 175 Å². The summed E-state index contributed by atoms with van der Waals surface area (Å²) in [5.74, 6) is 2.24. The molecule has 5 heterocycles. The standard InChI is InChI=1S/C20H26N7O7P/c1-4-5-6-20(25-26-20)7-8-21-16-13-17(23-10-22-16)27(11-24-13)18-15-14(33-19(2,3)34-15)12(32-18)9-31-35(28,29)30/h1,10-12,14-15,18H,5-9H2,2-3H3,(H,21,22,23)(H2,28,29,30)/t12-,14?,15?,18-/m0/s1. The van der Waals surface area contributed by atoms with Crippen molar-refractivity contribution in [1.82, 2.24) is 19.5 Å². The number of imidazole rings is 1. The van der Waals surface area contributed by atoms with Crippen molar-refractivity contribution in [2.45, 2.75) is 69.1 Å². The van der Waals surface area contributed by atoms with E-state index < -0.39 is 43.8 Å². The first-order chi connectivity index (χ1) is 16.6. The predicted octanol–water partition coefficient (Wildman–Crippen LogP) is 1.73. The summed E-state index contributed by atoms with van der Waals surface area (Å²) in [7, 11) is -4.68. The summed E-state index contributed by atoms with van der Waals surface area (Å²) in [6, 6.07) is 0. The van der Waals surface area contributed by atoms with E-state index >= 15 is 0 Å². The van der Waals surface area contributed by atoms with Gasteiger partial charge in [-0.2, -0.15) is 10.2 Å². The van der Waals surface area contributed by atoms with E-state index in [1.165, 1.54) is 6.33 Å². The van der Waals surface area contributed by atoms with Gasteiger partial charge in [0.15, 0.2) is 34.7 Å². The van der Waals surface area contributed by atoms with Gasteiger partial charge in [0.1, 0.15) is 24.6 Å². The second kappa shape index (κ2) is 8.86. The van der Waals surface area contributed by atoms with Crippen molar-refractivity contribution in [3.05, 3.63) is 12.7 Å². The van der Waals surface area contributed by atoms with Gasteiger partial charge in [-0.25, -0.2) is 19.5 Å². The van der Waals surface area contributed by atoms with E-state index in [-0.39, 0.29) is 6.61 Å². The smallest absolute Gasteiger partial charge is 0.368 e. The predicted molar refractivity (Wildman–Crippen MR) is 120 cm³/mol. The number of phosphoric acid groups is 1. The molecular formula is C20H26N7O7P. The van der Waals surface area contributed by atoms with Crippen LogP contribution in [-0.4, -0.2) is 72.2 Å². The summed E-state index contributed by atoms with van der Waals surface area (Å²) in [6.45, 7) is 3.71. The van der Waals surface area contributed by atoms with Crippen molar-refractivity contribution in [3.8, 4) is 12.3 Å². The molecule has 2 aromatic heterocycles. The Morgan fingerprint density at radius 2 is 2.00 bits per heavy atom. The molecule has 3 aliphatic heterocycles. The highest BCUT2D eigenvalue weighted by Gasteiger charge is 2.56. The zero-order chi connectivity index (χ0) is 24.8. The number of phosphoric ester groups is 1. The summed E-state index contributed by atoms with van der Waals surface area (Å²) in [5, 5.41) is 11.5. The van der Waals surface area contributed by atoms with Crippen molar-refractivity contribution < 1.29 is 33.1 Å². The monoisotopic (exact) mass is 507 g/mol. The number of fused-ring (bicyclic) bond motifs is 2. The number of ether oxygens (including phenoxy) is 3. The molecule has 0 amide bonds. The van der Waals surface area contributed by atoms with Gasteiger partial charge in [-0.3, -0.25) is 9.09 Å². The minimum absolute atomic E-state index is 0.368. The lowest BCUT2D eigenvalue weighted by Gasteiger charge is -2.24. The largest absolute Gasteiger partial charge is 0.469 e. The minimum atomic E-state index is -4.68. The molecule has 3 aliphatic rings. The minimum Gasteiger partial charge on any atom is -0.368 e. The van der Waals surface area contributed by atoms with E-state index in [4.69, 9.17) is 30.4 Å². The fourth-order valence-electron chi connectivity index (χ4n) is 4.40. The fourth-order valence-corrected chi connectivity index (χ4v) is 4.75. The molecule has 0 aromatic carbocycles. The highest BCUT2D eigenvalue weighted by molar-refractivity contribution is 7.46. The Kier molecular flexibility index (Phi) is 6.13. The quantitative estimate of drug-likeness (QED) is 0.315. The van der Waals surface area contributed by atoms with Gasteiger partial charge < -0.3 is 29.3 Å². The molecule has 2 unspecified atom stereocenters. The average Bonchev–Trinajstić information content (AvgIpc) is 3.12. The number of aromatic nitrogens is 4. The third-order valence-electron chi connectivity index (χ3n) is 6.04. The molecule has 14 nitrogen and oxygen atoms in total. The lowest BCUT2D eigenvalue weighted by Crippen LogP contribution is -2.32. The Morgan fingerprint density at radius 1 is 1.23 bits per heavy atom. The normalized spacial score (nSPS) is 28.2. The van der Waals surface area contributed by atoms with E-state index in [1.807, 2.05) is 0 Å². The van der Waals surface area contributed by atoms with Crippen LogP contribution in [0.3, 0.4) is 0 Å². The zero-order valence-corrected chi connectivity index (χ0v) is 20.0. The SMILES string of the molecule is C#CCCC1(CCNc2ncnc3c2ncn3[C@H]2O[C@@H](COP(=O)(O)O)C3OC(C)(C)OC32)N=N1. The van der Waals surface area contributed by atoms with E-state index in [0.29, 0.717) is 42.8 Å². The number of nitrogens with zero attached hydrogens (tertiary/aromatic N) is 6. The molecule has 0 spiro atoms. The highest BCUT2D eigenvalue weighted by Crippen LogP contribution is 2.45. The molecule has 15 heteroatoms. The second-order valence-corrected chi connectivity index (χ2v) is 10.3. The molecule has 0 saturated carbocycles. The molecule has 0 radical (unpaired) electrons. The zero-order valence-electron chi connectivity index (χ0n) is 19.1. The van der Waals surface area contributed by atoms with Gasteiger partial charge in [0, 0.05) is 25.8 Å². The maximum Gasteiger partial charge on any atom is 0.469 e. The van der Waals surface area contributed by atoms with E-state index in [1.54, 1.807) is 24.7 Å². The van der Waals surface area contributed by atoms with Crippen LogP contribution in [0.25, 0.3) is 11.2 Å². The van der Waals surface area contributed by atoms with Gasteiger partial charge in [0.25, 0.3) is 0 Å². The van der Waals surface area contributed by atoms with E-state index in [9.17, 15) is 4.57 Å². The Balaban J connectivity index is 1.33. The van der Waals surface area contributed by atoms with Crippen LogP contribution in [0.4, 0.5) is 5.82 Å². The van der Waals surface area contributed by atoms with Crippen LogP contribution in [0.15, 0.2) is 22.9 Å². The average molecular weight is 507 g/mol. The van der Waals surface area contributed by atoms with Gasteiger partial charge in [-0.15, -0.1) is 12.3 Å². The Labute approximate surface area is 200 Å². The Morgan fingerprint density at radius 3 is 2.71 bits per heavy atom. The molecule has 0 bridgehead atoms. The van der Waals surface area contributed by atoms with E-state index in [2.05, 4.69) is 40.9 Å². The molecule has 35 heavy (non-hydrogen) atoms. The van der Waals surface area contributed by atoms with Gasteiger partial charge in [-0.05, 0) is 13.8 Å². The number of hydrogen-bond acceptors (Lipinski definition) is 11. The van der Waals surface area contributed by atoms with Gasteiger partial charge in [0.05, 0.1) is 12.9 Å². The van der Waals surface area contributed by atoms with E-state index in [0.717, 1.165) is 0 Å². The third-order valence-corrected chi connectivity index (χ3v) is 6.52. The molecule has 188 valence electrons. The molecule has 5 rings (SSSR count). The maximum absolute atomic E-state index is 11.2. The highest BCUT2D eigenvalue weighted by atomic mass is 31.2. The van der Waals surface area contributed by atoms with Crippen LogP contribution in [0.1, 0.15) is 39.3 Å². The van der Waals surface area contributed by atoms with Gasteiger partial charge in [0.2, 0.25) is 0 Å². The summed E-state index contributed by atoms with van der Waals surface area (Å²) >= 11 is 0. The third kappa shape index (κ3) is 5.07. The molecule has 2 fully saturated rings. The molecule has 2 aromatic rings.